The molecule has 1 saturated heterocycles. The molecule has 1 aliphatic heterocycles. The molecule has 0 radical (unpaired) electrons. The van der Waals surface area contributed by atoms with Gasteiger partial charge in [0.2, 0.25) is 5.91 Å². The third kappa shape index (κ3) is 5.54. The Kier molecular flexibility index (Phi) is 6.81. The van der Waals surface area contributed by atoms with Gasteiger partial charge in [0.25, 0.3) is 11.6 Å². The third-order valence-electron chi connectivity index (χ3n) is 5.06. The maximum absolute atomic E-state index is 13.0. The molecule has 0 aromatic heterocycles. The normalized spacial score (nSPS) is 14.2. The minimum atomic E-state index is -0.520. The largest absolute Gasteiger partial charge is 0.377 e. The third-order valence-corrected chi connectivity index (χ3v) is 5.06. The molecule has 164 valence electrons. The molecule has 2 amide bonds. The van der Waals surface area contributed by atoms with E-state index in [1.807, 2.05) is 4.90 Å². The standard InChI is InChI=1S/C21H24FN5O4/c1-24(2)19-8-7-17(27(30)31)13-18(19)21(29)26-11-9-25(10-12-26)14-20(28)23-16-5-3-15(22)4-6-16/h3-8,13H,9-12,14H2,1-2H3,(H,23,28). The van der Waals surface area contributed by atoms with Crippen molar-refractivity contribution in [2.75, 3.05) is 57.0 Å². The fourth-order valence-corrected chi connectivity index (χ4v) is 3.42. The van der Waals surface area contributed by atoms with E-state index >= 15 is 0 Å². The van der Waals surface area contributed by atoms with Crippen molar-refractivity contribution in [2.45, 2.75) is 0 Å². The number of carbonyl (C=O) groups is 2. The summed E-state index contributed by atoms with van der Waals surface area (Å²) >= 11 is 0. The highest BCUT2D eigenvalue weighted by atomic mass is 19.1. The predicted molar refractivity (Wildman–Crippen MR) is 115 cm³/mol. The zero-order valence-electron chi connectivity index (χ0n) is 17.4. The Bertz CT molecular complexity index is 972. The summed E-state index contributed by atoms with van der Waals surface area (Å²) in [6.07, 6.45) is 0. The van der Waals surface area contributed by atoms with Crippen molar-refractivity contribution in [3.05, 3.63) is 64.0 Å². The quantitative estimate of drug-likeness (QED) is 0.558. The molecule has 0 saturated carbocycles. The summed E-state index contributed by atoms with van der Waals surface area (Å²) in [4.78, 5) is 41.2. The van der Waals surface area contributed by atoms with Gasteiger partial charge in [-0.2, -0.15) is 0 Å². The molecule has 1 heterocycles. The molecule has 1 N–H and O–H groups in total. The number of amides is 2. The molecular formula is C21H24FN5O4. The van der Waals surface area contributed by atoms with Crippen LogP contribution in [0.5, 0.6) is 0 Å². The van der Waals surface area contributed by atoms with Crippen LogP contribution >= 0.6 is 0 Å². The lowest BCUT2D eigenvalue weighted by molar-refractivity contribution is -0.384. The summed E-state index contributed by atoms with van der Waals surface area (Å²) in [6.45, 7) is 1.94. The lowest BCUT2D eigenvalue weighted by atomic mass is 10.1. The van der Waals surface area contributed by atoms with Gasteiger partial charge in [-0.3, -0.25) is 24.6 Å². The van der Waals surface area contributed by atoms with Crippen LogP contribution in [-0.4, -0.2) is 73.4 Å². The second-order valence-corrected chi connectivity index (χ2v) is 7.48. The lowest BCUT2D eigenvalue weighted by Crippen LogP contribution is -2.50. The maximum Gasteiger partial charge on any atom is 0.270 e. The van der Waals surface area contributed by atoms with Gasteiger partial charge >= 0.3 is 0 Å². The summed E-state index contributed by atoms with van der Waals surface area (Å²) in [5.74, 6) is -0.872. The van der Waals surface area contributed by atoms with Crippen LogP contribution < -0.4 is 10.2 Å². The average molecular weight is 429 g/mol. The van der Waals surface area contributed by atoms with E-state index in [1.54, 1.807) is 30.0 Å². The van der Waals surface area contributed by atoms with E-state index in [9.17, 15) is 24.1 Å². The number of halogens is 1. The van der Waals surface area contributed by atoms with Crippen molar-refractivity contribution >= 4 is 28.9 Å². The van der Waals surface area contributed by atoms with E-state index in [2.05, 4.69) is 5.32 Å². The second-order valence-electron chi connectivity index (χ2n) is 7.48. The Hall–Kier alpha value is -3.53. The second kappa shape index (κ2) is 9.52. The van der Waals surface area contributed by atoms with Gasteiger partial charge in [-0.1, -0.05) is 0 Å². The summed E-state index contributed by atoms with van der Waals surface area (Å²) < 4.78 is 13.0. The summed E-state index contributed by atoms with van der Waals surface area (Å²) in [5, 5.41) is 13.8. The molecule has 10 heteroatoms. The minimum Gasteiger partial charge on any atom is -0.377 e. The van der Waals surface area contributed by atoms with E-state index in [0.29, 0.717) is 37.6 Å². The van der Waals surface area contributed by atoms with Crippen molar-refractivity contribution < 1.29 is 18.9 Å². The van der Waals surface area contributed by atoms with Gasteiger partial charge in [0.1, 0.15) is 5.82 Å². The molecule has 1 aliphatic rings. The number of rotatable bonds is 6. The first-order valence-electron chi connectivity index (χ1n) is 9.77. The highest BCUT2D eigenvalue weighted by molar-refractivity contribution is 6.00. The number of nitrogens with one attached hydrogen (secondary N) is 1. The Labute approximate surface area is 179 Å². The number of non-ortho nitro benzene ring substituents is 1. The van der Waals surface area contributed by atoms with E-state index in [0.717, 1.165) is 0 Å². The number of piperazine rings is 1. The molecule has 31 heavy (non-hydrogen) atoms. The van der Waals surface area contributed by atoms with Crippen molar-refractivity contribution in [2.24, 2.45) is 0 Å². The van der Waals surface area contributed by atoms with Crippen molar-refractivity contribution in [1.29, 1.82) is 0 Å². The maximum atomic E-state index is 13.0. The molecule has 0 bridgehead atoms. The smallest absolute Gasteiger partial charge is 0.270 e. The van der Waals surface area contributed by atoms with Crippen LogP contribution in [0.15, 0.2) is 42.5 Å². The topological polar surface area (TPSA) is 99.0 Å². The van der Waals surface area contributed by atoms with Gasteiger partial charge in [0, 0.05) is 63.8 Å². The number of nitro groups is 1. The summed E-state index contributed by atoms with van der Waals surface area (Å²) in [6, 6.07) is 9.79. The molecule has 1 fully saturated rings. The molecule has 0 unspecified atom stereocenters. The van der Waals surface area contributed by atoms with E-state index in [1.165, 1.54) is 36.4 Å². The van der Waals surface area contributed by atoms with Crippen LogP contribution in [0.1, 0.15) is 10.4 Å². The van der Waals surface area contributed by atoms with Crippen LogP contribution in [-0.2, 0) is 4.79 Å². The van der Waals surface area contributed by atoms with Gasteiger partial charge in [-0.05, 0) is 30.3 Å². The minimum absolute atomic E-state index is 0.134. The molecule has 2 aromatic rings. The number of hydrogen-bond donors (Lipinski definition) is 1. The zero-order chi connectivity index (χ0) is 22.5. The highest BCUT2D eigenvalue weighted by Gasteiger charge is 2.26. The predicted octanol–water partition coefficient (Wildman–Crippen LogP) is 2.20. The number of benzene rings is 2. The molecule has 0 atom stereocenters. The Morgan fingerprint density at radius 2 is 1.74 bits per heavy atom. The monoisotopic (exact) mass is 429 g/mol. The molecule has 9 nitrogen and oxygen atoms in total. The van der Waals surface area contributed by atoms with Crippen LogP contribution in [0.3, 0.4) is 0 Å². The van der Waals surface area contributed by atoms with Crippen LogP contribution in [0, 0.1) is 15.9 Å². The first-order valence-corrected chi connectivity index (χ1v) is 9.77. The number of hydrogen-bond acceptors (Lipinski definition) is 6. The van der Waals surface area contributed by atoms with Gasteiger partial charge in [-0.15, -0.1) is 0 Å². The molecule has 2 aromatic carbocycles. The van der Waals surface area contributed by atoms with Crippen molar-refractivity contribution in [3.8, 4) is 0 Å². The number of carbonyl (C=O) groups excluding carboxylic acids is 2. The van der Waals surface area contributed by atoms with Crippen LogP contribution in [0.2, 0.25) is 0 Å². The molecular weight excluding hydrogens is 405 g/mol. The van der Waals surface area contributed by atoms with E-state index in [-0.39, 0.29) is 35.4 Å². The molecule has 0 aliphatic carbocycles. The first kappa shape index (κ1) is 22.2. The van der Waals surface area contributed by atoms with Crippen LogP contribution in [0.4, 0.5) is 21.5 Å². The Morgan fingerprint density at radius 3 is 2.32 bits per heavy atom. The Morgan fingerprint density at radius 1 is 1.10 bits per heavy atom. The van der Waals surface area contributed by atoms with Crippen molar-refractivity contribution in [1.82, 2.24) is 9.80 Å². The van der Waals surface area contributed by atoms with Gasteiger partial charge in [0.15, 0.2) is 0 Å². The highest BCUT2D eigenvalue weighted by Crippen LogP contribution is 2.26. The van der Waals surface area contributed by atoms with E-state index < -0.39 is 4.92 Å². The van der Waals surface area contributed by atoms with E-state index in [4.69, 9.17) is 0 Å². The van der Waals surface area contributed by atoms with Crippen molar-refractivity contribution in [3.63, 3.8) is 0 Å². The fourth-order valence-electron chi connectivity index (χ4n) is 3.42. The number of nitrogens with zero attached hydrogens (tertiary/aromatic N) is 4. The average Bonchev–Trinajstić information content (AvgIpc) is 2.74. The Balaban J connectivity index is 1.59. The zero-order valence-corrected chi connectivity index (χ0v) is 17.4. The van der Waals surface area contributed by atoms with Gasteiger partial charge in [-0.25, -0.2) is 4.39 Å². The lowest BCUT2D eigenvalue weighted by Gasteiger charge is -2.34. The van der Waals surface area contributed by atoms with Gasteiger partial charge in [0.05, 0.1) is 17.0 Å². The molecule has 0 spiro atoms. The SMILES string of the molecule is CN(C)c1ccc([N+](=O)[O-])cc1C(=O)N1CCN(CC(=O)Nc2ccc(F)cc2)CC1. The fraction of sp³-hybridized carbons (Fsp3) is 0.333. The first-order chi connectivity index (χ1) is 14.7. The summed E-state index contributed by atoms with van der Waals surface area (Å²) in [7, 11) is 3.55. The van der Waals surface area contributed by atoms with Gasteiger partial charge < -0.3 is 15.1 Å². The molecule has 3 rings (SSSR count). The number of anilines is 2. The number of nitro benzene ring substituents is 1. The van der Waals surface area contributed by atoms with Crippen LogP contribution in [0.25, 0.3) is 0 Å². The summed E-state index contributed by atoms with van der Waals surface area (Å²) in [5.41, 5.74) is 1.27.